The normalized spacial score (nSPS) is 16.9. The molecule has 2 aromatic rings. The number of ether oxygens (including phenoxy) is 2. The smallest absolute Gasteiger partial charge is 0.334 e. The van der Waals surface area contributed by atoms with Gasteiger partial charge < -0.3 is 24.0 Å². The zero-order valence-corrected chi connectivity index (χ0v) is 15.0. The zero-order valence-electron chi connectivity index (χ0n) is 15.0. The Balaban J connectivity index is 1.48. The fourth-order valence-electron chi connectivity index (χ4n) is 2.79. The minimum absolute atomic E-state index is 0.0797. The number of hydrogen-bond acceptors (Lipinski definition) is 7. The van der Waals surface area contributed by atoms with Crippen molar-refractivity contribution in [2.45, 2.75) is 25.4 Å². The molecular weight excluding hydrogens is 354 g/mol. The second-order valence-corrected chi connectivity index (χ2v) is 6.13. The molecule has 2 heterocycles. The topological polar surface area (TPSA) is 115 Å². The maximum absolute atomic E-state index is 12.2. The summed E-state index contributed by atoms with van der Waals surface area (Å²) in [4.78, 5) is 29.1. The molecule has 1 aliphatic heterocycles. The highest BCUT2D eigenvalue weighted by atomic mass is 16.5. The predicted octanol–water partition coefficient (Wildman–Crippen LogP) is 1.38. The molecule has 0 saturated carbocycles. The van der Waals surface area contributed by atoms with Crippen LogP contribution in [0, 0.1) is 0 Å². The summed E-state index contributed by atoms with van der Waals surface area (Å²) in [5.41, 5.74) is 0.815. The third-order valence-corrected chi connectivity index (χ3v) is 4.29. The van der Waals surface area contributed by atoms with Gasteiger partial charge in [-0.3, -0.25) is 4.79 Å². The molecule has 0 radical (unpaired) electrons. The first-order valence-electron chi connectivity index (χ1n) is 8.66. The quantitative estimate of drug-likeness (QED) is 0.772. The molecule has 0 aliphatic carbocycles. The van der Waals surface area contributed by atoms with E-state index in [0.29, 0.717) is 31.1 Å². The standard InChI is InChI=1S/C18H21N3O6/c1-25-13-7-5-12(6-8-13)17-19-15(27-20-17)3-2-4-16(22)21-9-10-26-14(11-21)18(23)24/h5-8,14H,2-4,9-11H2,1H3,(H,23,24)/t14-/m0/s1. The van der Waals surface area contributed by atoms with Gasteiger partial charge in [0.15, 0.2) is 6.10 Å². The molecule has 1 aromatic carbocycles. The molecule has 1 aliphatic rings. The number of hydrogen-bond donors (Lipinski definition) is 1. The number of methoxy groups -OCH3 is 1. The predicted molar refractivity (Wildman–Crippen MR) is 93.2 cm³/mol. The molecule has 1 atom stereocenters. The van der Waals surface area contributed by atoms with Crippen LogP contribution in [-0.4, -0.2) is 64.9 Å². The lowest BCUT2D eigenvalue weighted by Crippen LogP contribution is -2.48. The lowest BCUT2D eigenvalue weighted by atomic mass is 10.2. The number of nitrogens with zero attached hydrogens (tertiary/aromatic N) is 3. The molecule has 0 spiro atoms. The van der Waals surface area contributed by atoms with Crippen molar-refractivity contribution >= 4 is 11.9 Å². The third-order valence-electron chi connectivity index (χ3n) is 4.29. The van der Waals surface area contributed by atoms with Gasteiger partial charge in [-0.2, -0.15) is 4.98 Å². The van der Waals surface area contributed by atoms with Gasteiger partial charge in [0.25, 0.3) is 0 Å². The summed E-state index contributed by atoms with van der Waals surface area (Å²) in [6.07, 6.45) is 0.345. The van der Waals surface area contributed by atoms with Gasteiger partial charge >= 0.3 is 5.97 Å². The Morgan fingerprint density at radius 3 is 2.81 bits per heavy atom. The molecule has 9 nitrogen and oxygen atoms in total. The molecule has 27 heavy (non-hydrogen) atoms. The van der Waals surface area contributed by atoms with Gasteiger partial charge in [0.2, 0.25) is 17.6 Å². The number of carboxylic acids is 1. The number of aliphatic carboxylic acids is 1. The van der Waals surface area contributed by atoms with E-state index in [1.54, 1.807) is 7.11 Å². The van der Waals surface area contributed by atoms with Crippen molar-refractivity contribution in [3.05, 3.63) is 30.2 Å². The van der Waals surface area contributed by atoms with E-state index in [4.69, 9.17) is 19.1 Å². The molecule has 1 amide bonds. The van der Waals surface area contributed by atoms with Crippen molar-refractivity contribution < 1.29 is 28.7 Å². The van der Waals surface area contributed by atoms with E-state index < -0.39 is 12.1 Å². The molecular formula is C18H21N3O6. The average Bonchev–Trinajstić information content (AvgIpc) is 3.17. The van der Waals surface area contributed by atoms with Gasteiger partial charge in [0.05, 0.1) is 20.3 Å². The van der Waals surface area contributed by atoms with Crippen LogP contribution in [0.25, 0.3) is 11.4 Å². The summed E-state index contributed by atoms with van der Waals surface area (Å²) in [5, 5.41) is 12.9. The van der Waals surface area contributed by atoms with Gasteiger partial charge in [0.1, 0.15) is 5.75 Å². The van der Waals surface area contributed by atoms with Crippen molar-refractivity contribution in [2.75, 3.05) is 26.8 Å². The van der Waals surface area contributed by atoms with Crippen molar-refractivity contribution in [1.29, 1.82) is 0 Å². The number of benzene rings is 1. The molecule has 144 valence electrons. The summed E-state index contributed by atoms with van der Waals surface area (Å²) < 4.78 is 15.5. The second-order valence-electron chi connectivity index (χ2n) is 6.13. The highest BCUT2D eigenvalue weighted by molar-refractivity contribution is 5.78. The third kappa shape index (κ3) is 4.82. The van der Waals surface area contributed by atoms with Crippen LogP contribution in [0.4, 0.5) is 0 Å². The minimum Gasteiger partial charge on any atom is -0.497 e. The molecule has 3 rings (SSSR count). The zero-order chi connectivity index (χ0) is 19.2. The van der Waals surface area contributed by atoms with E-state index in [-0.39, 0.29) is 25.5 Å². The van der Waals surface area contributed by atoms with Crippen molar-refractivity contribution in [2.24, 2.45) is 0 Å². The van der Waals surface area contributed by atoms with E-state index in [1.807, 2.05) is 24.3 Å². The van der Waals surface area contributed by atoms with Crippen molar-refractivity contribution in [1.82, 2.24) is 15.0 Å². The number of rotatable bonds is 7. The molecule has 1 saturated heterocycles. The van der Waals surface area contributed by atoms with E-state index in [2.05, 4.69) is 10.1 Å². The first-order chi connectivity index (χ1) is 13.1. The van der Waals surface area contributed by atoms with Crippen LogP contribution in [0.15, 0.2) is 28.8 Å². The van der Waals surface area contributed by atoms with Gasteiger partial charge in [-0.05, 0) is 30.7 Å². The fraction of sp³-hybridized carbons (Fsp3) is 0.444. The Morgan fingerprint density at radius 1 is 1.33 bits per heavy atom. The number of amides is 1. The maximum atomic E-state index is 12.2. The van der Waals surface area contributed by atoms with Gasteiger partial charge in [-0.1, -0.05) is 5.16 Å². The van der Waals surface area contributed by atoms with Gasteiger partial charge in [-0.15, -0.1) is 0 Å². The first-order valence-corrected chi connectivity index (χ1v) is 8.66. The highest BCUT2D eigenvalue weighted by Gasteiger charge is 2.28. The summed E-state index contributed by atoms with van der Waals surface area (Å²) in [7, 11) is 1.60. The Morgan fingerprint density at radius 2 is 2.11 bits per heavy atom. The SMILES string of the molecule is COc1ccc(-c2noc(CCCC(=O)N3CCO[C@H](C(=O)O)C3)n2)cc1. The number of carboxylic acid groups (broad SMARTS) is 1. The molecule has 1 aromatic heterocycles. The van der Waals surface area contributed by atoms with Crippen LogP contribution >= 0.6 is 0 Å². The van der Waals surface area contributed by atoms with Crippen LogP contribution in [0.3, 0.4) is 0 Å². The molecule has 1 fully saturated rings. The lowest BCUT2D eigenvalue weighted by molar-refractivity contribution is -0.159. The molecule has 1 N–H and O–H groups in total. The summed E-state index contributed by atoms with van der Waals surface area (Å²) in [6.45, 7) is 0.721. The van der Waals surface area contributed by atoms with E-state index in [0.717, 1.165) is 11.3 Å². The lowest BCUT2D eigenvalue weighted by Gasteiger charge is -2.30. The summed E-state index contributed by atoms with van der Waals surface area (Å²) in [5.74, 6) is 0.536. The van der Waals surface area contributed by atoms with Crippen molar-refractivity contribution in [3.63, 3.8) is 0 Å². The van der Waals surface area contributed by atoms with E-state index in [9.17, 15) is 9.59 Å². The second kappa shape index (κ2) is 8.63. The van der Waals surface area contributed by atoms with Gasteiger partial charge in [0, 0.05) is 24.9 Å². The minimum atomic E-state index is -1.05. The van der Waals surface area contributed by atoms with E-state index in [1.165, 1.54) is 4.90 Å². The van der Waals surface area contributed by atoms with Gasteiger partial charge in [-0.25, -0.2) is 4.79 Å². The average molecular weight is 375 g/mol. The molecule has 0 unspecified atom stereocenters. The summed E-state index contributed by atoms with van der Waals surface area (Å²) in [6, 6.07) is 7.32. The van der Waals surface area contributed by atoms with E-state index >= 15 is 0 Å². The Bertz CT molecular complexity index is 789. The van der Waals surface area contributed by atoms with Crippen LogP contribution in [0.1, 0.15) is 18.7 Å². The first kappa shape index (κ1) is 18.8. The highest BCUT2D eigenvalue weighted by Crippen LogP contribution is 2.20. The molecule has 9 heteroatoms. The van der Waals surface area contributed by atoms with Crippen LogP contribution in [0.5, 0.6) is 5.75 Å². The Hall–Kier alpha value is -2.94. The number of carbonyl (C=O) groups excluding carboxylic acids is 1. The van der Waals surface area contributed by atoms with Crippen LogP contribution < -0.4 is 4.74 Å². The monoisotopic (exact) mass is 375 g/mol. The molecule has 0 bridgehead atoms. The number of morpholine rings is 1. The number of carbonyl (C=O) groups is 2. The number of aromatic nitrogens is 2. The largest absolute Gasteiger partial charge is 0.497 e. The Kier molecular flexibility index (Phi) is 6.02. The van der Waals surface area contributed by atoms with Crippen LogP contribution in [-0.2, 0) is 20.7 Å². The Labute approximate surface area is 155 Å². The van der Waals surface area contributed by atoms with Crippen LogP contribution in [0.2, 0.25) is 0 Å². The summed E-state index contributed by atoms with van der Waals surface area (Å²) >= 11 is 0. The van der Waals surface area contributed by atoms with Crippen molar-refractivity contribution in [3.8, 4) is 17.1 Å². The number of aryl methyl sites for hydroxylation is 1. The fourth-order valence-corrected chi connectivity index (χ4v) is 2.79. The maximum Gasteiger partial charge on any atom is 0.334 e.